The monoisotopic (exact) mass is 575 g/mol. The van der Waals surface area contributed by atoms with Gasteiger partial charge in [0.15, 0.2) is 5.11 Å². The SMILES string of the molecule is CCCCCCCCCCCCCC(=O)N[C@@H](NC(=S)Nc1cc(Cl)ccc1Cl)C(Cl)(Cl)Cl. The number of halogens is 5. The predicted octanol–water partition coefficient (Wildman–Crippen LogP) is 8.79. The second kappa shape index (κ2) is 17.3. The van der Waals surface area contributed by atoms with Crippen molar-refractivity contribution in [3.63, 3.8) is 0 Å². The smallest absolute Gasteiger partial charge is 0.228 e. The molecule has 1 rings (SSSR count). The maximum atomic E-state index is 12.4. The van der Waals surface area contributed by atoms with Gasteiger partial charge in [0.05, 0.1) is 10.7 Å². The van der Waals surface area contributed by atoms with Crippen LogP contribution in [0.1, 0.15) is 84.0 Å². The van der Waals surface area contributed by atoms with E-state index in [-0.39, 0.29) is 11.0 Å². The van der Waals surface area contributed by atoms with Crippen LogP contribution < -0.4 is 16.0 Å². The van der Waals surface area contributed by atoms with Crippen LogP contribution in [0.4, 0.5) is 5.69 Å². The van der Waals surface area contributed by atoms with E-state index in [1.807, 2.05) is 0 Å². The lowest BCUT2D eigenvalue weighted by Gasteiger charge is -2.28. The van der Waals surface area contributed by atoms with Gasteiger partial charge >= 0.3 is 0 Å². The van der Waals surface area contributed by atoms with E-state index < -0.39 is 9.96 Å². The fourth-order valence-electron chi connectivity index (χ4n) is 3.27. The molecule has 0 radical (unpaired) electrons. The lowest BCUT2D eigenvalue weighted by Crippen LogP contribution is -2.56. The second-order valence-corrected chi connectivity index (χ2v) is 11.7. The van der Waals surface area contributed by atoms with Crippen molar-refractivity contribution in [2.45, 2.75) is 93.9 Å². The number of nitrogens with one attached hydrogen (secondary N) is 3. The Balaban J connectivity index is 2.31. The Hall–Kier alpha value is -0.170. The lowest BCUT2D eigenvalue weighted by atomic mass is 10.1. The van der Waals surface area contributed by atoms with Gasteiger partial charge in [-0.3, -0.25) is 4.79 Å². The lowest BCUT2D eigenvalue weighted by molar-refractivity contribution is -0.122. The molecule has 1 aromatic rings. The average molecular weight is 578 g/mol. The van der Waals surface area contributed by atoms with Crippen LogP contribution in [0, 0.1) is 0 Å². The Labute approximate surface area is 228 Å². The molecule has 0 heterocycles. The van der Waals surface area contributed by atoms with Gasteiger partial charge in [-0.2, -0.15) is 0 Å². The fourth-order valence-corrected chi connectivity index (χ4v) is 4.16. The molecule has 0 unspecified atom stereocenters. The largest absolute Gasteiger partial charge is 0.339 e. The van der Waals surface area contributed by atoms with Gasteiger partial charge in [-0.25, -0.2) is 0 Å². The second-order valence-electron chi connectivity index (χ2n) is 8.05. The van der Waals surface area contributed by atoms with Crippen molar-refractivity contribution in [1.29, 1.82) is 0 Å². The maximum absolute atomic E-state index is 12.4. The highest BCUT2D eigenvalue weighted by atomic mass is 35.6. The van der Waals surface area contributed by atoms with E-state index in [1.165, 1.54) is 51.4 Å². The molecule has 0 aliphatic heterocycles. The van der Waals surface area contributed by atoms with E-state index in [4.69, 9.17) is 70.2 Å². The molecule has 0 fully saturated rings. The summed E-state index contributed by atoms with van der Waals surface area (Å²) in [5.74, 6) is -0.210. The molecule has 10 heteroatoms. The van der Waals surface area contributed by atoms with Gasteiger partial charge in [0.2, 0.25) is 9.70 Å². The van der Waals surface area contributed by atoms with Crippen LogP contribution in [0.3, 0.4) is 0 Å². The van der Waals surface area contributed by atoms with E-state index in [1.54, 1.807) is 18.2 Å². The molecule has 0 spiro atoms. The van der Waals surface area contributed by atoms with Crippen LogP contribution in [0.25, 0.3) is 0 Å². The van der Waals surface area contributed by atoms with E-state index in [9.17, 15) is 4.79 Å². The minimum atomic E-state index is -1.81. The number of rotatable bonds is 15. The third-order valence-electron chi connectivity index (χ3n) is 5.09. The number of unbranched alkanes of at least 4 members (excludes halogenated alkanes) is 10. The fraction of sp³-hybridized carbons (Fsp3) is 0.652. The molecule has 188 valence electrons. The Morgan fingerprint density at radius 1 is 0.909 bits per heavy atom. The first-order valence-corrected chi connectivity index (χ1v) is 13.8. The van der Waals surface area contributed by atoms with Gasteiger partial charge in [-0.1, -0.05) is 129 Å². The van der Waals surface area contributed by atoms with Crippen molar-refractivity contribution < 1.29 is 4.79 Å². The Kier molecular flexibility index (Phi) is 16.2. The zero-order valence-corrected chi connectivity index (χ0v) is 23.6. The first-order valence-electron chi connectivity index (χ1n) is 11.5. The molecule has 1 aromatic carbocycles. The average Bonchev–Trinajstić information content (AvgIpc) is 2.73. The molecule has 3 N–H and O–H groups in total. The maximum Gasteiger partial charge on any atom is 0.228 e. The Morgan fingerprint density at radius 2 is 1.45 bits per heavy atom. The van der Waals surface area contributed by atoms with Gasteiger partial charge in [-0.15, -0.1) is 0 Å². The highest BCUT2D eigenvalue weighted by Gasteiger charge is 2.34. The van der Waals surface area contributed by atoms with Crippen LogP contribution in [0.15, 0.2) is 18.2 Å². The predicted molar refractivity (Wildman–Crippen MR) is 149 cm³/mol. The van der Waals surface area contributed by atoms with Crippen LogP contribution in [0.5, 0.6) is 0 Å². The number of carbonyl (C=O) groups is 1. The van der Waals surface area contributed by atoms with E-state index in [0.29, 0.717) is 22.2 Å². The number of hydrogen-bond donors (Lipinski definition) is 3. The summed E-state index contributed by atoms with van der Waals surface area (Å²) >= 11 is 35.5. The zero-order valence-electron chi connectivity index (χ0n) is 19.0. The van der Waals surface area contributed by atoms with E-state index in [0.717, 1.165) is 19.3 Å². The summed E-state index contributed by atoms with van der Waals surface area (Å²) in [6, 6.07) is 4.91. The van der Waals surface area contributed by atoms with Crippen molar-refractivity contribution in [2.24, 2.45) is 0 Å². The van der Waals surface area contributed by atoms with Crippen molar-refractivity contribution in [3.8, 4) is 0 Å². The number of thiocarbonyl (C=S) groups is 1. The minimum Gasteiger partial charge on any atom is -0.339 e. The number of amides is 1. The standard InChI is InChI=1S/C23H34Cl5N3OS/c1-2-3-4-5-6-7-8-9-10-11-12-13-20(32)30-21(23(26,27)28)31-22(33)29-19-16-17(24)14-15-18(19)25/h14-16,21H,2-13H2,1H3,(H,30,32)(H2,29,31,33)/t21-/m0/s1. The summed E-state index contributed by atoms with van der Waals surface area (Å²) in [6.45, 7) is 2.24. The molecule has 0 aliphatic rings. The van der Waals surface area contributed by atoms with Crippen LogP contribution in [-0.4, -0.2) is 21.0 Å². The van der Waals surface area contributed by atoms with Gasteiger partial charge in [0.1, 0.15) is 6.17 Å². The normalized spacial score (nSPS) is 12.3. The van der Waals surface area contributed by atoms with Crippen LogP contribution in [-0.2, 0) is 4.79 Å². The van der Waals surface area contributed by atoms with Crippen molar-refractivity contribution in [1.82, 2.24) is 10.6 Å². The summed E-state index contributed by atoms with van der Waals surface area (Å²) in [5.41, 5.74) is 0.497. The molecule has 1 amide bonds. The quantitative estimate of drug-likeness (QED) is 0.0844. The molecule has 0 aliphatic carbocycles. The van der Waals surface area contributed by atoms with Gasteiger partial charge in [0, 0.05) is 11.4 Å². The molecule has 1 atom stereocenters. The van der Waals surface area contributed by atoms with Crippen molar-refractivity contribution >= 4 is 86.9 Å². The summed E-state index contributed by atoms with van der Waals surface area (Å²) in [6.07, 6.45) is 12.7. The first-order chi connectivity index (χ1) is 15.6. The summed E-state index contributed by atoms with van der Waals surface area (Å²) < 4.78 is -1.81. The van der Waals surface area contributed by atoms with Crippen LogP contribution in [0.2, 0.25) is 10.0 Å². The highest BCUT2D eigenvalue weighted by molar-refractivity contribution is 7.80. The highest BCUT2D eigenvalue weighted by Crippen LogP contribution is 2.30. The van der Waals surface area contributed by atoms with Crippen molar-refractivity contribution in [2.75, 3.05) is 5.32 Å². The molecule has 33 heavy (non-hydrogen) atoms. The third kappa shape index (κ3) is 14.7. The number of alkyl halides is 3. The minimum absolute atomic E-state index is 0.130. The number of carbonyl (C=O) groups excluding carboxylic acids is 1. The molecule has 0 bridgehead atoms. The molecular weight excluding hydrogens is 544 g/mol. The summed E-state index contributed by atoms with van der Waals surface area (Å²) in [4.78, 5) is 12.4. The van der Waals surface area contributed by atoms with Gasteiger partial charge in [0.25, 0.3) is 0 Å². The number of anilines is 1. The molecule has 0 aromatic heterocycles. The van der Waals surface area contributed by atoms with E-state index in [2.05, 4.69) is 22.9 Å². The number of benzene rings is 1. The van der Waals surface area contributed by atoms with Crippen LogP contribution >= 0.6 is 70.2 Å². The molecule has 0 saturated carbocycles. The Bertz CT molecular complexity index is 731. The molecule has 4 nitrogen and oxygen atoms in total. The topological polar surface area (TPSA) is 53.2 Å². The van der Waals surface area contributed by atoms with Gasteiger partial charge in [-0.05, 0) is 36.8 Å². The van der Waals surface area contributed by atoms with E-state index >= 15 is 0 Å². The summed E-state index contributed by atoms with van der Waals surface area (Å²) in [7, 11) is 0. The number of hydrogen-bond acceptors (Lipinski definition) is 2. The van der Waals surface area contributed by atoms with Crippen molar-refractivity contribution in [3.05, 3.63) is 28.2 Å². The molecular formula is C23H34Cl5N3OS. The summed E-state index contributed by atoms with van der Waals surface area (Å²) in [5, 5.41) is 9.46. The first kappa shape index (κ1) is 30.9. The third-order valence-corrected chi connectivity index (χ3v) is 6.53. The Morgan fingerprint density at radius 3 is 2.00 bits per heavy atom. The molecule has 0 saturated heterocycles. The zero-order chi connectivity index (χ0) is 24.7. The van der Waals surface area contributed by atoms with Gasteiger partial charge < -0.3 is 16.0 Å².